The van der Waals surface area contributed by atoms with Crippen LogP contribution < -0.4 is 15.5 Å². The Morgan fingerprint density at radius 1 is 0.727 bits per heavy atom. The van der Waals surface area contributed by atoms with Crippen molar-refractivity contribution in [2.75, 3.05) is 0 Å². The molecule has 2 N–H and O–H groups in total. The zero-order chi connectivity index (χ0) is 16.6. The summed E-state index contributed by atoms with van der Waals surface area (Å²) in [5.41, 5.74) is -0.612. The zero-order valence-electron chi connectivity index (χ0n) is 10.9. The summed E-state index contributed by atoms with van der Waals surface area (Å²) in [6, 6.07) is 7.77. The van der Waals surface area contributed by atoms with Crippen LogP contribution in [0, 0.1) is 20.2 Å². The van der Waals surface area contributed by atoms with Gasteiger partial charge in [-0.15, -0.1) is 0 Å². The zero-order valence-corrected chi connectivity index (χ0v) is 11.8. The Kier molecular flexibility index (Phi) is 3.68. The predicted octanol–water partition coefficient (Wildman–Crippen LogP) is 0.0970. The van der Waals surface area contributed by atoms with Crippen LogP contribution in [0.1, 0.15) is 0 Å². The number of benzene rings is 2. The molecule has 22 heavy (non-hydrogen) atoms. The molecule has 0 amide bonds. The third kappa shape index (κ3) is 2.78. The van der Waals surface area contributed by atoms with Crippen molar-refractivity contribution in [3.8, 4) is 0 Å². The molecule has 0 aliphatic heterocycles. The van der Waals surface area contributed by atoms with Crippen LogP contribution in [0.2, 0.25) is 0 Å². The molecule has 0 radical (unpaired) electrons. The van der Waals surface area contributed by atoms with Crippen molar-refractivity contribution in [3.05, 3.63) is 68.8 Å². The third-order valence-corrected chi connectivity index (χ3v) is 5.51. The van der Waals surface area contributed by atoms with E-state index in [1.165, 1.54) is 0 Å². The van der Waals surface area contributed by atoms with Gasteiger partial charge in [0.1, 0.15) is 0 Å². The second-order valence-corrected chi connectivity index (χ2v) is 7.42. The van der Waals surface area contributed by atoms with Gasteiger partial charge in [0.05, 0.1) is 0 Å². The van der Waals surface area contributed by atoms with Gasteiger partial charge in [-0.25, -0.2) is 0 Å². The van der Waals surface area contributed by atoms with Crippen molar-refractivity contribution in [2.45, 2.75) is 0 Å². The van der Waals surface area contributed by atoms with E-state index in [0.717, 1.165) is 48.5 Å². The quantitative estimate of drug-likeness (QED) is 0.459. The average molecular weight is 325 g/mol. The Morgan fingerprint density at radius 3 is 1.23 bits per heavy atom. The average Bonchev–Trinajstić information content (AvgIpc) is 2.47. The summed E-state index contributed by atoms with van der Waals surface area (Å²) >= 11 is 0. The van der Waals surface area contributed by atoms with Crippen molar-refractivity contribution < 1.29 is 24.5 Å². The summed E-state index contributed by atoms with van der Waals surface area (Å²) in [7, 11) is -5.75. The van der Waals surface area contributed by atoms with E-state index in [-0.39, 0.29) is 11.4 Å². The van der Waals surface area contributed by atoms with Gasteiger partial charge in [-0.3, -0.25) is 0 Å². The van der Waals surface area contributed by atoms with Gasteiger partial charge >= 0.3 is 123 Å². The first kappa shape index (κ1) is 15.9. The Morgan fingerprint density at radius 2 is 1.00 bits per heavy atom. The molecule has 0 aromatic heterocycles. The van der Waals surface area contributed by atoms with Crippen LogP contribution in [-0.2, 0) is 0 Å². The van der Waals surface area contributed by atoms with Crippen LogP contribution in [0.3, 0.4) is 0 Å². The van der Waals surface area contributed by atoms with Gasteiger partial charge < -0.3 is 0 Å². The van der Waals surface area contributed by atoms with Crippen molar-refractivity contribution in [2.24, 2.45) is 0 Å². The molecule has 0 unspecified atom stereocenters. The normalized spacial score (nSPS) is 13.1. The molecule has 2 aromatic carbocycles. The summed E-state index contributed by atoms with van der Waals surface area (Å²) in [6.07, 6.45) is 0. The maximum absolute atomic E-state index is 12.5. The van der Waals surface area contributed by atoms with Gasteiger partial charge in [-0.1, -0.05) is 0 Å². The molecule has 0 aliphatic carbocycles. The van der Waals surface area contributed by atoms with Crippen molar-refractivity contribution in [1.82, 2.24) is 0 Å². The molecular formula is C12H10N2O7P-. The minimum absolute atomic E-state index is 0.306. The molecule has 0 saturated heterocycles. The first-order chi connectivity index (χ1) is 10.1. The van der Waals surface area contributed by atoms with E-state index in [0.29, 0.717) is 0 Å². The van der Waals surface area contributed by atoms with Crippen LogP contribution >= 0.6 is 7.28 Å². The van der Waals surface area contributed by atoms with Crippen LogP contribution in [0.4, 0.5) is 11.4 Å². The van der Waals surface area contributed by atoms with Gasteiger partial charge in [0.25, 0.3) is 0 Å². The third-order valence-electron chi connectivity index (χ3n) is 3.05. The first-order valence-corrected chi connectivity index (χ1v) is 7.91. The van der Waals surface area contributed by atoms with E-state index < -0.39 is 27.7 Å². The van der Waals surface area contributed by atoms with Crippen LogP contribution in [0.25, 0.3) is 0 Å². The molecule has 9 nitrogen and oxygen atoms in total. The van der Waals surface area contributed by atoms with Crippen LogP contribution in [-0.4, -0.2) is 19.6 Å². The number of non-ortho nitro benzene ring substituents is 2. The number of hydrogen-bond acceptors (Lipinski definition) is 7. The molecule has 0 heterocycles. The molecule has 2 rings (SSSR count). The number of nitrogens with zero attached hydrogens (tertiary/aromatic N) is 2. The van der Waals surface area contributed by atoms with Crippen LogP contribution in [0.15, 0.2) is 48.5 Å². The van der Waals surface area contributed by atoms with E-state index in [1.54, 1.807) is 0 Å². The SMILES string of the molecule is O=[N+]([O-])c1ccc(P([O-])(O)(O)c2ccc([N+](=O)[O-])cc2)cc1. The fraction of sp³-hybridized carbons (Fsp3) is 0. The minimum atomic E-state index is -5.75. The maximum atomic E-state index is 12.5. The van der Waals surface area contributed by atoms with Gasteiger partial charge in [0.15, 0.2) is 0 Å². The van der Waals surface area contributed by atoms with Gasteiger partial charge in [-0.05, 0) is 0 Å². The Labute approximate surface area is 123 Å². The van der Waals surface area contributed by atoms with Crippen molar-refractivity contribution >= 4 is 29.3 Å². The van der Waals surface area contributed by atoms with E-state index in [9.17, 15) is 34.9 Å². The van der Waals surface area contributed by atoms with Gasteiger partial charge in [-0.2, -0.15) is 0 Å². The van der Waals surface area contributed by atoms with E-state index in [2.05, 4.69) is 0 Å². The molecule has 0 aliphatic rings. The number of hydrogen-bond donors (Lipinski definition) is 2. The molecule has 116 valence electrons. The van der Waals surface area contributed by atoms with Crippen molar-refractivity contribution in [3.63, 3.8) is 0 Å². The Balaban J connectivity index is 2.48. The molecule has 0 spiro atoms. The monoisotopic (exact) mass is 325 g/mol. The molecular weight excluding hydrogens is 315 g/mol. The molecule has 2 aromatic rings. The molecule has 0 bridgehead atoms. The summed E-state index contributed by atoms with van der Waals surface area (Å²) in [6.45, 7) is 0. The summed E-state index contributed by atoms with van der Waals surface area (Å²) in [4.78, 5) is 52.6. The number of rotatable bonds is 4. The number of nitro groups is 2. The number of nitro benzene ring substituents is 2. The van der Waals surface area contributed by atoms with Gasteiger partial charge in [0, 0.05) is 0 Å². The first-order valence-electron chi connectivity index (χ1n) is 5.85. The van der Waals surface area contributed by atoms with E-state index in [1.807, 2.05) is 0 Å². The second-order valence-electron chi connectivity index (χ2n) is 4.49. The van der Waals surface area contributed by atoms with E-state index >= 15 is 0 Å². The summed E-state index contributed by atoms with van der Waals surface area (Å²) in [5.74, 6) is 0. The molecule has 0 fully saturated rings. The topological polar surface area (TPSA) is 150 Å². The van der Waals surface area contributed by atoms with E-state index in [4.69, 9.17) is 0 Å². The summed E-state index contributed by atoms with van der Waals surface area (Å²) < 4.78 is 0. The standard InChI is InChI=1S/C12H10N2O7P/c15-13(16)9-1-5-11(6-2-9)22(19,20,21)12-7-3-10(4-8-12)14(17)18/h1-8,19-20H/q-1. The summed E-state index contributed by atoms with van der Waals surface area (Å²) in [5, 5.41) is 20.3. The molecule has 10 heteroatoms. The van der Waals surface area contributed by atoms with Crippen molar-refractivity contribution in [1.29, 1.82) is 0 Å². The fourth-order valence-corrected chi connectivity index (χ4v) is 3.51. The van der Waals surface area contributed by atoms with Gasteiger partial charge in [0.2, 0.25) is 0 Å². The Bertz CT molecular complexity index is 673. The van der Waals surface area contributed by atoms with Crippen LogP contribution in [0.5, 0.6) is 0 Å². The second kappa shape index (κ2) is 5.08. The fourth-order valence-electron chi connectivity index (χ4n) is 1.84. The predicted molar refractivity (Wildman–Crippen MR) is 76.8 cm³/mol. The molecule has 0 saturated carbocycles. The Hall–Kier alpha value is -2.45. The molecule has 0 atom stereocenters.